The molecule has 0 aromatic rings. The molecule has 2 unspecified atom stereocenters. The molecular weight excluding hydrogens is 270 g/mol. The van der Waals surface area contributed by atoms with Crippen molar-refractivity contribution in [3.8, 4) is 0 Å². The summed E-state index contributed by atoms with van der Waals surface area (Å²) < 4.78 is 0. The first-order valence-electron chi connectivity index (χ1n) is 7.84. The first-order chi connectivity index (χ1) is 9.93. The molecule has 0 spiro atoms. The predicted molar refractivity (Wildman–Crippen MR) is 78.5 cm³/mol. The molecule has 2 fully saturated rings. The number of hydrogen-bond donors (Lipinski definition) is 1. The van der Waals surface area contributed by atoms with Crippen molar-refractivity contribution in [2.24, 2.45) is 11.8 Å². The van der Waals surface area contributed by atoms with E-state index in [0.717, 1.165) is 25.9 Å². The third-order valence-electron chi connectivity index (χ3n) is 4.42. The monoisotopic (exact) mass is 295 g/mol. The van der Waals surface area contributed by atoms with Crippen LogP contribution in [-0.2, 0) is 9.59 Å². The first-order valence-corrected chi connectivity index (χ1v) is 7.84. The van der Waals surface area contributed by atoms with Gasteiger partial charge in [0.1, 0.15) is 5.92 Å². The van der Waals surface area contributed by atoms with E-state index in [0.29, 0.717) is 24.9 Å². The molecule has 2 heterocycles. The van der Waals surface area contributed by atoms with Crippen molar-refractivity contribution >= 4 is 17.8 Å². The van der Waals surface area contributed by atoms with Crippen molar-refractivity contribution in [1.29, 1.82) is 0 Å². The van der Waals surface area contributed by atoms with Crippen LogP contribution < -0.4 is 5.32 Å². The number of nitrogens with zero attached hydrogens (tertiary/aromatic N) is 2. The number of likely N-dealkylation sites (tertiary alicyclic amines) is 1. The lowest BCUT2D eigenvalue weighted by Crippen LogP contribution is -2.58. The van der Waals surface area contributed by atoms with Gasteiger partial charge >= 0.3 is 6.03 Å². The number of nitrogens with one attached hydrogen (secondary N) is 1. The van der Waals surface area contributed by atoms with Gasteiger partial charge in [0.2, 0.25) is 11.8 Å². The summed E-state index contributed by atoms with van der Waals surface area (Å²) in [4.78, 5) is 39.6. The molecule has 2 aliphatic rings. The molecule has 118 valence electrons. The zero-order valence-electron chi connectivity index (χ0n) is 13.1. The van der Waals surface area contributed by atoms with Crippen LogP contribution in [0.15, 0.2) is 0 Å². The molecule has 6 nitrogen and oxygen atoms in total. The van der Waals surface area contributed by atoms with Crippen molar-refractivity contribution < 1.29 is 14.4 Å². The van der Waals surface area contributed by atoms with E-state index in [9.17, 15) is 14.4 Å². The van der Waals surface area contributed by atoms with Crippen LogP contribution in [0.3, 0.4) is 0 Å². The van der Waals surface area contributed by atoms with E-state index in [1.165, 1.54) is 4.90 Å². The highest BCUT2D eigenvalue weighted by Gasteiger charge is 2.41. The van der Waals surface area contributed by atoms with Gasteiger partial charge in [-0.15, -0.1) is 0 Å². The summed E-state index contributed by atoms with van der Waals surface area (Å²) in [6, 6.07) is -0.0735. The number of rotatable bonds is 5. The highest BCUT2D eigenvalue weighted by Crippen LogP contribution is 2.22. The summed E-state index contributed by atoms with van der Waals surface area (Å²) in [5.41, 5.74) is 0. The smallest absolute Gasteiger partial charge is 0.301 e. The van der Waals surface area contributed by atoms with Gasteiger partial charge in [-0.3, -0.25) is 19.8 Å². The van der Waals surface area contributed by atoms with Gasteiger partial charge in [0, 0.05) is 19.1 Å². The summed E-state index contributed by atoms with van der Waals surface area (Å²) in [7, 11) is 0. The molecule has 0 radical (unpaired) electrons. The maximum Gasteiger partial charge on any atom is 0.330 e. The van der Waals surface area contributed by atoms with E-state index >= 15 is 0 Å². The van der Waals surface area contributed by atoms with E-state index in [-0.39, 0.29) is 5.91 Å². The zero-order chi connectivity index (χ0) is 15.6. The number of amides is 4. The van der Waals surface area contributed by atoms with Crippen LogP contribution in [0.25, 0.3) is 0 Å². The summed E-state index contributed by atoms with van der Waals surface area (Å²) >= 11 is 0. The Bertz CT molecular complexity index is 436. The van der Waals surface area contributed by atoms with Gasteiger partial charge in [-0.05, 0) is 39.2 Å². The highest BCUT2D eigenvalue weighted by atomic mass is 16.2. The van der Waals surface area contributed by atoms with Crippen LogP contribution in [0.4, 0.5) is 4.79 Å². The maximum atomic E-state index is 12.4. The van der Waals surface area contributed by atoms with Gasteiger partial charge in [-0.25, -0.2) is 4.79 Å². The van der Waals surface area contributed by atoms with E-state index in [1.807, 2.05) is 6.92 Å². The Morgan fingerprint density at radius 1 is 1.29 bits per heavy atom. The maximum absolute atomic E-state index is 12.4. The van der Waals surface area contributed by atoms with E-state index in [4.69, 9.17) is 0 Å². The summed E-state index contributed by atoms with van der Waals surface area (Å²) in [5.74, 6) is -1.17. The van der Waals surface area contributed by atoms with Gasteiger partial charge in [0.05, 0.1) is 0 Å². The van der Waals surface area contributed by atoms with Gasteiger partial charge in [-0.2, -0.15) is 0 Å². The zero-order valence-corrected chi connectivity index (χ0v) is 13.1. The minimum atomic E-state index is -0.699. The molecule has 0 aliphatic carbocycles. The Hall–Kier alpha value is -1.43. The molecule has 0 aromatic carbocycles. The highest BCUT2D eigenvalue weighted by molar-refractivity contribution is 6.16. The molecule has 6 heteroatoms. The molecule has 2 rings (SSSR count). The van der Waals surface area contributed by atoms with Crippen LogP contribution in [0.5, 0.6) is 0 Å². The lowest BCUT2D eigenvalue weighted by molar-refractivity contribution is -0.143. The summed E-state index contributed by atoms with van der Waals surface area (Å²) in [6.07, 6.45) is 2.23. The molecule has 4 amide bonds. The van der Waals surface area contributed by atoms with Crippen LogP contribution in [0.1, 0.15) is 40.0 Å². The van der Waals surface area contributed by atoms with E-state index < -0.39 is 17.9 Å². The van der Waals surface area contributed by atoms with Crippen LogP contribution in [0.2, 0.25) is 0 Å². The standard InChI is InChI=1S/C15H25N3O3/c1-4-5-12-13(19)16-15(21)18(14(12)20)9-11-6-7-17(8-11)10(2)3/h10-12H,4-9H2,1-3H3,(H,16,19,21). The van der Waals surface area contributed by atoms with Gasteiger partial charge in [0.25, 0.3) is 0 Å². The average molecular weight is 295 g/mol. The third-order valence-corrected chi connectivity index (χ3v) is 4.42. The Labute approximate surface area is 125 Å². The second-order valence-corrected chi connectivity index (χ2v) is 6.33. The molecule has 2 saturated heterocycles. The quantitative estimate of drug-likeness (QED) is 0.774. The Kier molecular flexibility index (Phi) is 4.98. The molecule has 0 aromatic heterocycles. The Balaban J connectivity index is 2.00. The normalized spacial score (nSPS) is 27.6. The molecule has 0 bridgehead atoms. The fourth-order valence-corrected chi connectivity index (χ4v) is 3.12. The number of carbonyl (C=O) groups is 3. The SMILES string of the molecule is CCCC1C(=O)NC(=O)N(CC2CCN(C(C)C)C2)C1=O. The van der Waals surface area contributed by atoms with Crippen molar-refractivity contribution in [3.05, 3.63) is 0 Å². The van der Waals surface area contributed by atoms with Crippen molar-refractivity contribution in [2.75, 3.05) is 19.6 Å². The van der Waals surface area contributed by atoms with Crippen molar-refractivity contribution in [3.63, 3.8) is 0 Å². The minimum absolute atomic E-state index is 0.303. The number of hydrogen-bond acceptors (Lipinski definition) is 4. The van der Waals surface area contributed by atoms with Crippen LogP contribution in [0, 0.1) is 11.8 Å². The topological polar surface area (TPSA) is 69.7 Å². The lowest BCUT2D eigenvalue weighted by atomic mass is 9.98. The number of urea groups is 1. The Morgan fingerprint density at radius 2 is 2.00 bits per heavy atom. The van der Waals surface area contributed by atoms with E-state index in [2.05, 4.69) is 24.1 Å². The van der Waals surface area contributed by atoms with Gasteiger partial charge in [0.15, 0.2) is 0 Å². The molecule has 21 heavy (non-hydrogen) atoms. The molecule has 0 saturated carbocycles. The first kappa shape index (κ1) is 15.9. The predicted octanol–water partition coefficient (Wildman–Crippen LogP) is 1.21. The third kappa shape index (κ3) is 3.43. The van der Waals surface area contributed by atoms with Crippen LogP contribution >= 0.6 is 0 Å². The number of imide groups is 2. The largest absolute Gasteiger partial charge is 0.330 e. The summed E-state index contributed by atoms with van der Waals surface area (Å²) in [6.45, 7) is 8.55. The second kappa shape index (κ2) is 6.56. The number of barbiturate groups is 1. The van der Waals surface area contributed by atoms with Crippen molar-refractivity contribution in [1.82, 2.24) is 15.1 Å². The Morgan fingerprint density at radius 3 is 2.57 bits per heavy atom. The average Bonchev–Trinajstić information content (AvgIpc) is 2.88. The molecular formula is C15H25N3O3. The fraction of sp³-hybridized carbons (Fsp3) is 0.800. The molecule has 2 aliphatic heterocycles. The van der Waals surface area contributed by atoms with Crippen LogP contribution in [-0.4, -0.2) is 53.3 Å². The van der Waals surface area contributed by atoms with E-state index in [1.54, 1.807) is 0 Å². The van der Waals surface area contributed by atoms with Crippen molar-refractivity contribution in [2.45, 2.75) is 46.1 Å². The fourth-order valence-electron chi connectivity index (χ4n) is 3.12. The lowest BCUT2D eigenvalue weighted by Gasteiger charge is -2.31. The van der Waals surface area contributed by atoms with Gasteiger partial charge < -0.3 is 4.90 Å². The minimum Gasteiger partial charge on any atom is -0.301 e. The molecule has 2 atom stereocenters. The van der Waals surface area contributed by atoms with Gasteiger partial charge in [-0.1, -0.05) is 13.3 Å². The number of carbonyl (C=O) groups excluding carboxylic acids is 3. The summed E-state index contributed by atoms with van der Waals surface area (Å²) in [5, 5.41) is 2.32. The molecule has 1 N–H and O–H groups in total. The second-order valence-electron chi connectivity index (χ2n) is 6.33.